The molecule has 0 bridgehead atoms. The molecule has 1 N–H and O–H groups in total. The summed E-state index contributed by atoms with van der Waals surface area (Å²) in [5.74, 6) is -0.710. The van der Waals surface area contributed by atoms with Crippen molar-refractivity contribution < 1.29 is 23.8 Å². The van der Waals surface area contributed by atoms with Crippen molar-refractivity contribution in [3.05, 3.63) is 102 Å². The molecule has 1 aliphatic rings. The van der Waals surface area contributed by atoms with Crippen molar-refractivity contribution >= 4 is 33.9 Å². The first-order chi connectivity index (χ1) is 16.5. The monoisotopic (exact) mass is 453 g/mol. The number of amides is 1. The van der Waals surface area contributed by atoms with E-state index in [0.717, 1.165) is 10.8 Å². The number of aliphatic hydroxyl groups excluding tert-OH is 1. The van der Waals surface area contributed by atoms with Gasteiger partial charge in [-0.3, -0.25) is 14.5 Å². The van der Waals surface area contributed by atoms with Gasteiger partial charge < -0.3 is 14.3 Å². The van der Waals surface area contributed by atoms with E-state index in [1.54, 1.807) is 42.5 Å². The second kappa shape index (κ2) is 8.56. The van der Waals surface area contributed by atoms with Gasteiger partial charge in [-0.15, -0.1) is 0 Å². The summed E-state index contributed by atoms with van der Waals surface area (Å²) in [4.78, 5) is 27.9. The fourth-order valence-electron chi connectivity index (χ4n) is 4.35. The summed E-state index contributed by atoms with van der Waals surface area (Å²) < 4.78 is 11.3. The fraction of sp³-hybridized carbons (Fsp3) is 0.143. The number of rotatable bonds is 5. The van der Waals surface area contributed by atoms with Gasteiger partial charge in [-0.2, -0.15) is 0 Å². The lowest BCUT2D eigenvalue weighted by Crippen LogP contribution is -2.29. The Morgan fingerprint density at radius 2 is 1.68 bits per heavy atom. The molecule has 1 amide bonds. The zero-order valence-corrected chi connectivity index (χ0v) is 18.8. The van der Waals surface area contributed by atoms with E-state index in [4.69, 9.17) is 9.15 Å². The number of ether oxygens (including phenoxy) is 1. The molecule has 1 fully saturated rings. The standard InChI is InChI=1S/C28H23NO5/c1-17(2)34-20-14-12-19(13-15-20)29-25(23-11-6-16-33-23)24(27(31)28(29)32)26(30)22-10-5-8-18-7-3-4-9-21(18)22/h3-17,25,30H,1-2H3/b26-24-. The number of ketones is 1. The van der Waals surface area contributed by atoms with E-state index in [2.05, 4.69) is 0 Å². The summed E-state index contributed by atoms with van der Waals surface area (Å²) in [6.07, 6.45) is 1.48. The number of aliphatic hydroxyl groups is 1. The number of carbonyl (C=O) groups is 2. The third-order valence-electron chi connectivity index (χ3n) is 5.79. The van der Waals surface area contributed by atoms with Gasteiger partial charge >= 0.3 is 0 Å². The van der Waals surface area contributed by atoms with Crippen LogP contribution in [0.5, 0.6) is 5.75 Å². The van der Waals surface area contributed by atoms with Crippen LogP contribution in [0.4, 0.5) is 5.69 Å². The van der Waals surface area contributed by atoms with Crippen molar-refractivity contribution in [3.63, 3.8) is 0 Å². The Labute approximate surface area is 196 Å². The average molecular weight is 453 g/mol. The topological polar surface area (TPSA) is 80.0 Å². The highest BCUT2D eigenvalue weighted by atomic mass is 16.5. The first-order valence-corrected chi connectivity index (χ1v) is 11.0. The second-order valence-corrected chi connectivity index (χ2v) is 8.37. The van der Waals surface area contributed by atoms with Gasteiger partial charge in [0.15, 0.2) is 0 Å². The SMILES string of the molecule is CC(C)Oc1ccc(N2C(=O)C(=O)/C(=C(\O)c3cccc4ccccc34)C2c2ccco2)cc1. The smallest absolute Gasteiger partial charge is 0.300 e. The molecule has 6 nitrogen and oxygen atoms in total. The Hall–Kier alpha value is -4.32. The quantitative estimate of drug-likeness (QED) is 0.233. The van der Waals surface area contributed by atoms with E-state index in [1.807, 2.05) is 50.2 Å². The molecule has 0 spiro atoms. The molecule has 4 aromatic rings. The lowest BCUT2D eigenvalue weighted by Gasteiger charge is -2.23. The molecule has 1 unspecified atom stereocenters. The third kappa shape index (κ3) is 3.63. The van der Waals surface area contributed by atoms with Crippen LogP contribution in [0.3, 0.4) is 0 Å². The van der Waals surface area contributed by atoms with E-state index in [9.17, 15) is 14.7 Å². The number of hydrogen-bond donors (Lipinski definition) is 1. The molecule has 3 aromatic carbocycles. The van der Waals surface area contributed by atoms with Crippen LogP contribution in [0, 0.1) is 0 Å². The maximum atomic E-state index is 13.3. The van der Waals surface area contributed by atoms with Crippen LogP contribution < -0.4 is 9.64 Å². The Kier molecular flexibility index (Phi) is 5.42. The third-order valence-corrected chi connectivity index (χ3v) is 5.79. The van der Waals surface area contributed by atoms with Crippen molar-refractivity contribution in [3.8, 4) is 5.75 Å². The molecule has 170 valence electrons. The van der Waals surface area contributed by atoms with Crippen LogP contribution in [-0.2, 0) is 9.59 Å². The zero-order valence-electron chi connectivity index (χ0n) is 18.8. The van der Waals surface area contributed by atoms with Crippen molar-refractivity contribution in [1.29, 1.82) is 0 Å². The van der Waals surface area contributed by atoms with E-state index < -0.39 is 17.7 Å². The Bertz CT molecular complexity index is 1400. The number of benzene rings is 3. The van der Waals surface area contributed by atoms with Crippen LogP contribution in [0.15, 0.2) is 95.1 Å². The lowest BCUT2D eigenvalue weighted by atomic mass is 9.96. The molecule has 2 heterocycles. The molecule has 0 saturated carbocycles. The van der Waals surface area contributed by atoms with Gasteiger partial charge in [0.05, 0.1) is 17.9 Å². The van der Waals surface area contributed by atoms with Crippen LogP contribution in [0.25, 0.3) is 16.5 Å². The summed E-state index contributed by atoms with van der Waals surface area (Å²) in [6, 6.07) is 22.4. The van der Waals surface area contributed by atoms with Crippen molar-refractivity contribution in [1.82, 2.24) is 0 Å². The summed E-state index contributed by atoms with van der Waals surface area (Å²) in [5, 5.41) is 13.1. The minimum Gasteiger partial charge on any atom is -0.507 e. The molecule has 1 aromatic heterocycles. The normalized spacial score (nSPS) is 17.6. The molecule has 6 heteroatoms. The summed E-state index contributed by atoms with van der Waals surface area (Å²) >= 11 is 0. The summed E-state index contributed by atoms with van der Waals surface area (Å²) in [7, 11) is 0. The molecule has 1 atom stereocenters. The predicted octanol–water partition coefficient (Wildman–Crippen LogP) is 5.85. The lowest BCUT2D eigenvalue weighted by molar-refractivity contribution is -0.132. The van der Waals surface area contributed by atoms with Gasteiger partial charge in [0.25, 0.3) is 11.7 Å². The summed E-state index contributed by atoms with van der Waals surface area (Å²) in [5.41, 5.74) is 0.962. The van der Waals surface area contributed by atoms with Gasteiger partial charge in [0, 0.05) is 11.3 Å². The number of nitrogens with zero attached hydrogens (tertiary/aromatic N) is 1. The Balaban J connectivity index is 1.67. The first kappa shape index (κ1) is 21.5. The molecular weight excluding hydrogens is 430 g/mol. The van der Waals surface area contributed by atoms with Crippen LogP contribution in [-0.4, -0.2) is 22.9 Å². The number of furan rings is 1. The number of carbonyl (C=O) groups excluding carboxylic acids is 2. The second-order valence-electron chi connectivity index (χ2n) is 8.37. The van der Waals surface area contributed by atoms with Gasteiger partial charge in [0.1, 0.15) is 23.3 Å². The maximum absolute atomic E-state index is 13.3. The first-order valence-electron chi connectivity index (χ1n) is 11.0. The van der Waals surface area contributed by atoms with Crippen LogP contribution >= 0.6 is 0 Å². The van der Waals surface area contributed by atoms with Gasteiger partial charge in [-0.05, 0) is 61.0 Å². The zero-order chi connectivity index (χ0) is 23.8. The van der Waals surface area contributed by atoms with Crippen molar-refractivity contribution in [2.24, 2.45) is 0 Å². The number of hydrogen-bond acceptors (Lipinski definition) is 5. The van der Waals surface area contributed by atoms with E-state index in [0.29, 0.717) is 22.8 Å². The molecule has 1 aliphatic heterocycles. The number of Topliss-reactive ketones (excluding diaryl/α,β-unsaturated/α-hetero) is 1. The highest BCUT2D eigenvalue weighted by Gasteiger charge is 2.48. The molecule has 0 radical (unpaired) electrons. The highest BCUT2D eigenvalue weighted by Crippen LogP contribution is 2.43. The Morgan fingerprint density at radius 3 is 2.38 bits per heavy atom. The average Bonchev–Trinajstić information content (AvgIpc) is 3.45. The largest absolute Gasteiger partial charge is 0.507 e. The predicted molar refractivity (Wildman–Crippen MR) is 130 cm³/mol. The number of anilines is 1. The highest BCUT2D eigenvalue weighted by molar-refractivity contribution is 6.51. The van der Waals surface area contributed by atoms with E-state index >= 15 is 0 Å². The minimum absolute atomic E-state index is 0.00360. The van der Waals surface area contributed by atoms with Gasteiger partial charge in [-0.25, -0.2) is 0 Å². The number of fused-ring (bicyclic) bond motifs is 1. The van der Waals surface area contributed by atoms with E-state index in [-0.39, 0.29) is 17.4 Å². The van der Waals surface area contributed by atoms with Crippen molar-refractivity contribution in [2.75, 3.05) is 4.90 Å². The summed E-state index contributed by atoms with van der Waals surface area (Å²) in [6.45, 7) is 3.85. The molecule has 0 aliphatic carbocycles. The van der Waals surface area contributed by atoms with E-state index in [1.165, 1.54) is 11.2 Å². The van der Waals surface area contributed by atoms with Crippen molar-refractivity contribution in [2.45, 2.75) is 26.0 Å². The maximum Gasteiger partial charge on any atom is 0.300 e. The van der Waals surface area contributed by atoms with Gasteiger partial charge in [0.2, 0.25) is 0 Å². The molecule has 1 saturated heterocycles. The fourth-order valence-corrected chi connectivity index (χ4v) is 4.35. The molecular formula is C28H23NO5. The molecule has 5 rings (SSSR count). The van der Waals surface area contributed by atoms with Crippen LogP contribution in [0.1, 0.15) is 31.2 Å². The molecule has 34 heavy (non-hydrogen) atoms. The Morgan fingerprint density at radius 1 is 0.941 bits per heavy atom. The van der Waals surface area contributed by atoms with Crippen LogP contribution in [0.2, 0.25) is 0 Å². The van der Waals surface area contributed by atoms with Gasteiger partial charge in [-0.1, -0.05) is 42.5 Å². The minimum atomic E-state index is -0.911.